The second kappa shape index (κ2) is 4.63. The zero-order valence-electron chi connectivity index (χ0n) is 10.8. The van der Waals surface area contributed by atoms with Gasteiger partial charge in [0, 0.05) is 18.3 Å². The van der Waals surface area contributed by atoms with Gasteiger partial charge in [-0.25, -0.2) is 0 Å². The summed E-state index contributed by atoms with van der Waals surface area (Å²) in [5.74, 6) is -0.168. The van der Waals surface area contributed by atoms with Crippen LogP contribution in [0.3, 0.4) is 0 Å². The Morgan fingerprint density at radius 2 is 2.17 bits per heavy atom. The molecule has 1 aromatic carbocycles. The lowest BCUT2D eigenvalue weighted by atomic mass is 9.82. The number of hydrogen-bond acceptors (Lipinski definition) is 3. The van der Waals surface area contributed by atoms with E-state index in [1.807, 2.05) is 6.07 Å². The summed E-state index contributed by atoms with van der Waals surface area (Å²) in [6.07, 6.45) is 4.64. The van der Waals surface area contributed by atoms with E-state index in [1.54, 1.807) is 0 Å². The summed E-state index contributed by atoms with van der Waals surface area (Å²) >= 11 is 0. The molecule has 3 rings (SSSR count). The Bertz CT molecular complexity index is 458. The highest BCUT2D eigenvalue weighted by atomic mass is 16.5. The minimum absolute atomic E-state index is 0.0782. The topological polar surface area (TPSA) is 29.5 Å². The van der Waals surface area contributed by atoms with E-state index >= 15 is 0 Å². The second-order valence-electron chi connectivity index (χ2n) is 5.21. The molecule has 0 aromatic heterocycles. The van der Waals surface area contributed by atoms with Crippen molar-refractivity contribution in [3.8, 4) is 0 Å². The summed E-state index contributed by atoms with van der Waals surface area (Å²) in [5, 5.41) is 0. The quantitative estimate of drug-likeness (QED) is 0.712. The summed E-state index contributed by atoms with van der Waals surface area (Å²) in [6, 6.07) is 8.80. The molecule has 0 saturated carbocycles. The molecule has 0 aliphatic carbocycles. The van der Waals surface area contributed by atoms with Crippen LogP contribution < -0.4 is 4.90 Å². The van der Waals surface area contributed by atoms with Crippen LogP contribution in [0.1, 0.15) is 37.2 Å². The molecule has 3 heteroatoms. The third-order valence-corrected chi connectivity index (χ3v) is 4.24. The Kier molecular flexibility index (Phi) is 2.98. The molecule has 2 atom stereocenters. The van der Waals surface area contributed by atoms with Crippen LogP contribution in [0.4, 0.5) is 5.69 Å². The van der Waals surface area contributed by atoms with E-state index in [4.69, 9.17) is 4.74 Å². The molecule has 0 unspecified atom stereocenters. The Balaban J connectivity index is 2.02. The number of rotatable bonds is 1. The molecule has 0 N–H and O–H groups in total. The molecule has 3 nitrogen and oxygen atoms in total. The van der Waals surface area contributed by atoms with Gasteiger partial charge in [0.15, 0.2) is 0 Å². The Labute approximate surface area is 108 Å². The van der Waals surface area contributed by atoms with Crippen molar-refractivity contribution in [2.24, 2.45) is 0 Å². The van der Waals surface area contributed by atoms with Crippen molar-refractivity contribution in [1.82, 2.24) is 0 Å². The highest BCUT2D eigenvalue weighted by Gasteiger charge is 2.37. The number of methoxy groups -OCH3 is 1. The molecule has 0 amide bonds. The molecular weight excluding hydrogens is 226 g/mol. The molecule has 96 valence electrons. The number of nitrogens with zero attached hydrogens (tertiary/aromatic N) is 1. The largest absolute Gasteiger partial charge is 0.469 e. The van der Waals surface area contributed by atoms with Crippen LogP contribution >= 0.6 is 0 Å². The molecule has 0 radical (unpaired) electrons. The van der Waals surface area contributed by atoms with E-state index in [9.17, 15) is 4.79 Å². The maximum Gasteiger partial charge on any atom is 0.313 e. The number of ether oxygens (including phenoxy) is 1. The van der Waals surface area contributed by atoms with E-state index < -0.39 is 0 Å². The molecule has 0 bridgehead atoms. The maximum atomic E-state index is 12.0. The van der Waals surface area contributed by atoms with Crippen LogP contribution in [0.5, 0.6) is 0 Å². The number of esters is 1. The normalized spacial score (nSPS) is 26.2. The van der Waals surface area contributed by atoms with Crippen molar-refractivity contribution >= 4 is 11.7 Å². The summed E-state index contributed by atoms with van der Waals surface area (Å²) in [6.45, 7) is 1.12. The number of hydrogen-bond donors (Lipinski definition) is 0. The molecule has 18 heavy (non-hydrogen) atoms. The molecule has 1 saturated heterocycles. The van der Waals surface area contributed by atoms with Crippen LogP contribution in [0, 0.1) is 0 Å². The number of piperidine rings is 1. The van der Waals surface area contributed by atoms with Crippen molar-refractivity contribution in [3.05, 3.63) is 29.8 Å². The van der Waals surface area contributed by atoms with Crippen molar-refractivity contribution in [3.63, 3.8) is 0 Å². The maximum absolute atomic E-state index is 12.0. The van der Waals surface area contributed by atoms with Crippen LogP contribution in [0.25, 0.3) is 0 Å². The van der Waals surface area contributed by atoms with Gasteiger partial charge in [-0.05, 0) is 37.3 Å². The van der Waals surface area contributed by atoms with Crippen molar-refractivity contribution in [2.45, 2.75) is 37.6 Å². The van der Waals surface area contributed by atoms with Crippen LogP contribution in [0.2, 0.25) is 0 Å². The van der Waals surface area contributed by atoms with Crippen molar-refractivity contribution < 1.29 is 9.53 Å². The number of para-hydroxylation sites is 1. The van der Waals surface area contributed by atoms with Crippen LogP contribution in [-0.4, -0.2) is 25.7 Å². The Morgan fingerprint density at radius 3 is 3.00 bits per heavy atom. The van der Waals surface area contributed by atoms with Crippen molar-refractivity contribution in [1.29, 1.82) is 0 Å². The number of benzene rings is 1. The van der Waals surface area contributed by atoms with E-state index in [0.717, 1.165) is 18.5 Å². The lowest BCUT2D eigenvalue weighted by Gasteiger charge is -2.44. The van der Waals surface area contributed by atoms with Gasteiger partial charge >= 0.3 is 5.97 Å². The molecular formula is C15H19NO2. The highest BCUT2D eigenvalue weighted by Crippen LogP contribution is 2.41. The van der Waals surface area contributed by atoms with Gasteiger partial charge in [-0.15, -0.1) is 0 Å². The predicted molar refractivity (Wildman–Crippen MR) is 70.8 cm³/mol. The average molecular weight is 245 g/mol. The van der Waals surface area contributed by atoms with E-state index in [1.165, 1.54) is 32.1 Å². The third kappa shape index (κ3) is 1.78. The molecule has 2 aliphatic heterocycles. The molecule has 2 heterocycles. The zero-order chi connectivity index (χ0) is 12.5. The first-order valence-corrected chi connectivity index (χ1v) is 6.74. The lowest BCUT2D eigenvalue weighted by Crippen LogP contribution is -2.45. The number of anilines is 1. The minimum atomic E-state index is -0.0901. The monoisotopic (exact) mass is 245 g/mol. The second-order valence-corrected chi connectivity index (χ2v) is 5.21. The SMILES string of the molecule is COC(=O)[C@@H]1C[C@@H]2CCCCN2c2ccccc21. The summed E-state index contributed by atoms with van der Waals surface area (Å²) < 4.78 is 4.97. The molecule has 1 fully saturated rings. The third-order valence-electron chi connectivity index (χ3n) is 4.24. The fourth-order valence-electron chi connectivity index (χ4n) is 3.37. The van der Waals surface area contributed by atoms with Gasteiger partial charge in [-0.2, -0.15) is 0 Å². The van der Waals surface area contributed by atoms with Gasteiger partial charge < -0.3 is 9.64 Å². The Morgan fingerprint density at radius 1 is 1.33 bits per heavy atom. The van der Waals surface area contributed by atoms with Gasteiger partial charge in [-0.3, -0.25) is 4.79 Å². The minimum Gasteiger partial charge on any atom is -0.469 e. The molecule has 1 aromatic rings. The van der Waals surface area contributed by atoms with E-state index in [-0.39, 0.29) is 11.9 Å². The van der Waals surface area contributed by atoms with E-state index in [2.05, 4.69) is 23.1 Å². The first-order chi connectivity index (χ1) is 8.81. The number of carbonyl (C=O) groups is 1. The fraction of sp³-hybridized carbons (Fsp3) is 0.533. The predicted octanol–water partition coefficient (Wildman–Crippen LogP) is 2.71. The number of carbonyl (C=O) groups excluding carboxylic acids is 1. The zero-order valence-corrected chi connectivity index (χ0v) is 10.8. The average Bonchev–Trinajstić information content (AvgIpc) is 2.45. The summed E-state index contributed by atoms with van der Waals surface area (Å²) in [4.78, 5) is 14.4. The van der Waals surface area contributed by atoms with Gasteiger partial charge in [-0.1, -0.05) is 18.2 Å². The van der Waals surface area contributed by atoms with Gasteiger partial charge in [0.05, 0.1) is 13.0 Å². The summed E-state index contributed by atoms with van der Waals surface area (Å²) in [7, 11) is 1.48. The van der Waals surface area contributed by atoms with Crippen molar-refractivity contribution in [2.75, 3.05) is 18.6 Å². The van der Waals surface area contributed by atoms with Crippen LogP contribution in [-0.2, 0) is 9.53 Å². The smallest absolute Gasteiger partial charge is 0.313 e. The molecule has 2 aliphatic rings. The lowest BCUT2D eigenvalue weighted by molar-refractivity contribution is -0.142. The first kappa shape index (κ1) is 11.6. The molecule has 0 spiro atoms. The van der Waals surface area contributed by atoms with Gasteiger partial charge in [0.2, 0.25) is 0 Å². The standard InChI is InChI=1S/C15H19NO2/c1-18-15(17)13-10-11-6-4-5-9-16(11)14-8-3-2-7-12(13)14/h2-3,7-8,11,13H,4-6,9-10H2,1H3/t11-,13+/m0/s1. The Hall–Kier alpha value is -1.51. The number of fused-ring (bicyclic) bond motifs is 3. The highest BCUT2D eigenvalue weighted by molar-refractivity contribution is 5.82. The van der Waals surface area contributed by atoms with Gasteiger partial charge in [0.1, 0.15) is 0 Å². The fourth-order valence-corrected chi connectivity index (χ4v) is 3.37. The summed E-state index contributed by atoms with van der Waals surface area (Å²) in [5.41, 5.74) is 2.38. The first-order valence-electron chi connectivity index (χ1n) is 6.74. The van der Waals surface area contributed by atoms with Crippen LogP contribution in [0.15, 0.2) is 24.3 Å². The van der Waals surface area contributed by atoms with Gasteiger partial charge in [0.25, 0.3) is 0 Å². The van der Waals surface area contributed by atoms with E-state index in [0.29, 0.717) is 6.04 Å².